The first-order valence-electron chi connectivity index (χ1n) is 20.2. The molecule has 0 aliphatic carbocycles. The Balaban J connectivity index is 1.03. The minimum absolute atomic E-state index is 0.00852. The van der Waals surface area contributed by atoms with Gasteiger partial charge in [-0.15, -0.1) is 13.2 Å². The first kappa shape index (κ1) is 45.8. The number of hydrogen-bond acceptors (Lipinski definition) is 15. The number of fused-ring (bicyclic) bond motifs is 1. The van der Waals surface area contributed by atoms with E-state index >= 15 is 0 Å². The van der Waals surface area contributed by atoms with Gasteiger partial charge in [-0.05, 0) is 68.0 Å². The van der Waals surface area contributed by atoms with Crippen molar-refractivity contribution >= 4 is 29.4 Å². The summed E-state index contributed by atoms with van der Waals surface area (Å²) in [5.74, 6) is -5.38. The van der Waals surface area contributed by atoms with Gasteiger partial charge in [0, 0.05) is 57.5 Å². The minimum Gasteiger partial charge on any atom is -0.455 e. The summed E-state index contributed by atoms with van der Waals surface area (Å²) in [6.45, 7) is 6.74. The second-order valence-electron chi connectivity index (χ2n) is 15.9. The van der Waals surface area contributed by atoms with E-state index in [0.29, 0.717) is 18.7 Å². The van der Waals surface area contributed by atoms with Crippen LogP contribution in [0.15, 0.2) is 82.2 Å². The van der Waals surface area contributed by atoms with Gasteiger partial charge in [0.25, 0.3) is 11.5 Å². The number of aromatic nitrogens is 2. The number of benzene rings is 2. The number of nitrogens with two attached hydrogens (primary N) is 1. The Hall–Kier alpha value is -6.23. The summed E-state index contributed by atoms with van der Waals surface area (Å²) in [6, 6.07) is 14.4. The molecule has 8 atom stereocenters. The van der Waals surface area contributed by atoms with E-state index in [0.717, 1.165) is 54.6 Å². The molecule has 2 amide bonds. The molecule has 344 valence electrons. The van der Waals surface area contributed by atoms with Crippen LogP contribution >= 0.6 is 0 Å². The van der Waals surface area contributed by atoms with E-state index < -0.39 is 102 Å². The number of H-pyrrole nitrogens is 1. The molecular weight excluding hydrogens is 855 g/mol. The molecular formula is C42H46F3N5O14. The van der Waals surface area contributed by atoms with E-state index in [1.54, 1.807) is 26.0 Å². The Morgan fingerprint density at radius 2 is 1.59 bits per heavy atom. The molecule has 0 radical (unpaired) electrons. The summed E-state index contributed by atoms with van der Waals surface area (Å²) >= 11 is 0. The monoisotopic (exact) mass is 901 g/mol. The first-order valence-corrected chi connectivity index (χ1v) is 20.2. The number of carbonyl (C=O) groups is 4. The second-order valence-corrected chi connectivity index (χ2v) is 15.9. The number of aromatic amines is 1. The molecule has 0 unspecified atom stereocenters. The fourth-order valence-electron chi connectivity index (χ4n) is 8.13. The Labute approximate surface area is 362 Å². The molecule has 5 heterocycles. The van der Waals surface area contributed by atoms with Gasteiger partial charge in [0.15, 0.2) is 30.0 Å². The largest absolute Gasteiger partial charge is 0.573 e. The van der Waals surface area contributed by atoms with E-state index in [2.05, 4.69) is 19.9 Å². The van der Waals surface area contributed by atoms with Gasteiger partial charge < -0.3 is 53.8 Å². The van der Waals surface area contributed by atoms with Gasteiger partial charge in [0.05, 0.1) is 0 Å². The Bertz CT molecular complexity index is 2360. The van der Waals surface area contributed by atoms with E-state index in [9.17, 15) is 41.9 Å². The predicted octanol–water partition coefficient (Wildman–Crippen LogP) is 2.53. The summed E-state index contributed by atoms with van der Waals surface area (Å²) in [4.78, 5) is 80.4. The van der Waals surface area contributed by atoms with Crippen molar-refractivity contribution in [3.05, 3.63) is 105 Å². The number of nitrogens with zero attached hydrogens (tertiary/aromatic N) is 2. The number of piperidine rings is 1. The second kappa shape index (κ2) is 18.5. The van der Waals surface area contributed by atoms with E-state index in [-0.39, 0.29) is 18.2 Å². The third-order valence-electron chi connectivity index (χ3n) is 10.9. The lowest BCUT2D eigenvalue weighted by Crippen LogP contribution is -2.55. The fourth-order valence-corrected chi connectivity index (χ4v) is 8.13. The molecule has 0 saturated carbocycles. The molecule has 1 aromatic heterocycles. The van der Waals surface area contributed by atoms with Crippen molar-refractivity contribution in [2.45, 2.75) is 114 Å². The van der Waals surface area contributed by atoms with Crippen molar-refractivity contribution < 1.29 is 70.2 Å². The van der Waals surface area contributed by atoms with Gasteiger partial charge in [-0.1, -0.05) is 24.3 Å². The minimum atomic E-state index is -4.76. The molecule has 2 aromatic carbocycles. The predicted molar refractivity (Wildman–Crippen MR) is 213 cm³/mol. The highest BCUT2D eigenvalue weighted by Crippen LogP contribution is 2.44. The Morgan fingerprint density at radius 3 is 2.20 bits per heavy atom. The zero-order valence-electron chi connectivity index (χ0n) is 34.9. The van der Waals surface area contributed by atoms with E-state index in [1.807, 2.05) is 24.3 Å². The molecule has 4 aliphatic heterocycles. The van der Waals surface area contributed by atoms with E-state index in [1.165, 1.54) is 18.3 Å². The fraction of sp³-hybridized carbons (Fsp3) is 0.476. The van der Waals surface area contributed by atoms with Gasteiger partial charge >= 0.3 is 24.0 Å². The molecule has 3 aromatic rings. The van der Waals surface area contributed by atoms with Crippen molar-refractivity contribution in [3.8, 4) is 5.75 Å². The van der Waals surface area contributed by atoms with Crippen LogP contribution in [0, 0.1) is 0 Å². The van der Waals surface area contributed by atoms with Crippen LogP contribution in [0.5, 0.6) is 5.75 Å². The lowest BCUT2D eigenvalue weighted by Gasteiger charge is -2.37. The van der Waals surface area contributed by atoms with Crippen LogP contribution < -0.4 is 31.9 Å². The molecule has 0 spiro atoms. The zero-order chi connectivity index (χ0) is 46.1. The topological polar surface area (TPSA) is 238 Å². The SMILES string of the molecule is CC(=O)O[C@@H]1[C@@H](O[C@@H](C(N)=O)[C@H]2O[C@@H](n3ccc(=O)[nH]c3=O)[C@@H]3OC(C)(C)O[C@@H]32)OC(C(=O)NCc2ccc(N3CCC(c4ccc(OC(F)(F)F)cc4)CC3)cc2)=C[C@@H]1OC(C)=O. The molecule has 4 N–H and O–H groups in total. The van der Waals surface area contributed by atoms with Crippen LogP contribution in [0.2, 0.25) is 0 Å². The van der Waals surface area contributed by atoms with Crippen molar-refractivity contribution in [2.75, 3.05) is 18.0 Å². The number of amides is 2. The summed E-state index contributed by atoms with van der Waals surface area (Å²) in [5, 5.41) is 2.73. The molecule has 7 rings (SSSR count). The van der Waals surface area contributed by atoms with Crippen molar-refractivity contribution in [1.82, 2.24) is 14.9 Å². The summed E-state index contributed by atoms with van der Waals surface area (Å²) in [5.41, 5.74) is 6.90. The first-order chi connectivity index (χ1) is 30.2. The molecule has 19 nitrogen and oxygen atoms in total. The van der Waals surface area contributed by atoms with Crippen molar-refractivity contribution in [1.29, 1.82) is 0 Å². The number of carbonyl (C=O) groups excluding carboxylic acids is 4. The summed E-state index contributed by atoms with van der Waals surface area (Å²) < 4.78 is 83.9. The van der Waals surface area contributed by atoms with Crippen LogP contribution in [-0.4, -0.2) is 101 Å². The van der Waals surface area contributed by atoms with Crippen molar-refractivity contribution in [3.63, 3.8) is 0 Å². The number of hydrogen-bond donors (Lipinski definition) is 3. The lowest BCUT2D eigenvalue weighted by atomic mass is 9.89. The molecule has 3 saturated heterocycles. The van der Waals surface area contributed by atoms with Crippen LogP contribution in [0.25, 0.3) is 0 Å². The number of halogens is 3. The summed E-state index contributed by atoms with van der Waals surface area (Å²) in [6.07, 6.45) is -12.4. The van der Waals surface area contributed by atoms with Gasteiger partial charge in [0.1, 0.15) is 24.1 Å². The average molecular weight is 902 g/mol. The molecule has 4 aliphatic rings. The maximum Gasteiger partial charge on any atom is 0.573 e. The highest BCUT2D eigenvalue weighted by molar-refractivity contribution is 5.91. The smallest absolute Gasteiger partial charge is 0.455 e. The van der Waals surface area contributed by atoms with Crippen LogP contribution in [0.4, 0.5) is 18.9 Å². The standard InChI is InChI=1S/C42H46F3N5O14/c1-21(51)57-28-19-29(37(55)47-20-23-5-9-26(10-6-23)49-16-13-25(14-17-49)24-7-11-27(12-8-24)62-42(43,44)45)59-39(31(28)58-22(2)52)61-34(36(46)54)32-33-35(64-41(3,4)63-33)38(60-32)50-18-15-30(53)48-40(50)56/h5-12,15,18-19,25,28,31-35,38-39H,13-14,16-17,20H2,1-4H3,(H2,46,54)(H,47,55)(H,48,53,56)/t28-,31-,32-,33+,34+,35+,38+,39+/m0/s1. The number of ether oxygens (including phenoxy) is 8. The summed E-state index contributed by atoms with van der Waals surface area (Å²) in [7, 11) is 0. The molecule has 22 heteroatoms. The molecule has 3 fully saturated rings. The number of esters is 2. The van der Waals surface area contributed by atoms with Crippen LogP contribution in [0.1, 0.15) is 63.8 Å². The average Bonchev–Trinajstić information content (AvgIpc) is 3.72. The number of primary amides is 1. The van der Waals surface area contributed by atoms with Crippen LogP contribution in [-0.2, 0) is 58.9 Å². The van der Waals surface area contributed by atoms with Gasteiger partial charge in [-0.3, -0.25) is 33.5 Å². The number of nitrogens with one attached hydrogen (secondary N) is 2. The number of rotatable bonds is 13. The van der Waals surface area contributed by atoms with Crippen molar-refractivity contribution in [2.24, 2.45) is 5.73 Å². The maximum absolute atomic E-state index is 13.7. The van der Waals surface area contributed by atoms with Gasteiger partial charge in [0.2, 0.25) is 18.3 Å². The highest BCUT2D eigenvalue weighted by atomic mass is 19.4. The number of anilines is 1. The highest BCUT2D eigenvalue weighted by Gasteiger charge is 2.60. The quantitative estimate of drug-likeness (QED) is 0.209. The zero-order valence-corrected chi connectivity index (χ0v) is 34.9. The van der Waals surface area contributed by atoms with Gasteiger partial charge in [-0.25, -0.2) is 4.79 Å². The molecule has 64 heavy (non-hydrogen) atoms. The lowest BCUT2D eigenvalue weighted by molar-refractivity contribution is -0.274. The Kier molecular flexibility index (Phi) is 13.2. The molecule has 0 bridgehead atoms. The maximum atomic E-state index is 13.7. The van der Waals surface area contributed by atoms with Crippen LogP contribution in [0.3, 0.4) is 0 Å². The van der Waals surface area contributed by atoms with E-state index in [4.69, 9.17) is 38.9 Å². The third kappa shape index (κ3) is 10.7. The Morgan fingerprint density at radius 1 is 0.938 bits per heavy atom. The van der Waals surface area contributed by atoms with Gasteiger partial charge in [-0.2, -0.15) is 0 Å². The normalized spacial score (nSPS) is 25.9. The third-order valence-corrected chi connectivity index (χ3v) is 10.9. The number of alkyl halides is 3.